The van der Waals surface area contributed by atoms with E-state index in [1.165, 1.54) is 16.7 Å². The molecule has 1 N–H and O–H groups in total. The van der Waals surface area contributed by atoms with Gasteiger partial charge < -0.3 is 5.11 Å². The highest BCUT2D eigenvalue weighted by molar-refractivity contribution is 6.01. The van der Waals surface area contributed by atoms with Crippen LogP contribution in [0.4, 0.5) is 0 Å². The summed E-state index contributed by atoms with van der Waals surface area (Å²) in [5.74, 6) is 0.970. The number of hydrogen-bond donors (Lipinski definition) is 1. The Hall–Kier alpha value is -2.07. The second-order valence-electron chi connectivity index (χ2n) is 10.5. The number of aliphatic imine (C=N–C) groups is 1. The van der Waals surface area contributed by atoms with E-state index in [1.54, 1.807) is 6.08 Å². The van der Waals surface area contributed by atoms with Crippen LogP contribution in [-0.2, 0) is 9.59 Å². The minimum Gasteiger partial charge on any atom is -0.389 e. The fraction of sp³-hybridized carbons (Fsp3) is 0.577. The molecule has 6 atom stereocenters. The molecule has 0 aromatic carbocycles. The number of aliphatic hydroxyl groups excluding tert-OH is 1. The van der Waals surface area contributed by atoms with Gasteiger partial charge in [-0.25, -0.2) is 0 Å². The van der Waals surface area contributed by atoms with Gasteiger partial charge in [-0.3, -0.25) is 14.6 Å². The number of nitrogens with zero attached hydrogens (tertiary/aromatic N) is 1. The smallest absolute Gasteiger partial charge is 0.178 e. The predicted molar refractivity (Wildman–Crippen MR) is 117 cm³/mol. The van der Waals surface area contributed by atoms with Crippen LogP contribution in [0, 0.1) is 34.0 Å². The van der Waals surface area contributed by atoms with Crippen molar-refractivity contribution >= 4 is 17.8 Å². The lowest BCUT2D eigenvalue weighted by atomic mass is 9.49. The van der Waals surface area contributed by atoms with Crippen molar-refractivity contribution in [3.05, 3.63) is 47.2 Å². The van der Waals surface area contributed by atoms with Crippen molar-refractivity contribution in [1.29, 1.82) is 0 Å². The monoisotopic (exact) mass is 405 g/mol. The van der Waals surface area contributed by atoms with Crippen LogP contribution >= 0.6 is 0 Å². The van der Waals surface area contributed by atoms with Crippen molar-refractivity contribution in [2.24, 2.45) is 39.0 Å². The molecule has 0 radical (unpaired) electrons. The highest BCUT2D eigenvalue weighted by atomic mass is 16.3. The molecule has 158 valence electrons. The Labute approximate surface area is 178 Å². The summed E-state index contributed by atoms with van der Waals surface area (Å²) in [6.07, 6.45) is 16.5. The number of ketones is 2. The number of aliphatic hydroxyl groups is 1. The van der Waals surface area contributed by atoms with Crippen LogP contribution in [0.3, 0.4) is 0 Å². The van der Waals surface area contributed by atoms with Gasteiger partial charge in [0, 0.05) is 29.7 Å². The molecule has 5 rings (SSSR count). The summed E-state index contributed by atoms with van der Waals surface area (Å²) in [7, 11) is 0. The van der Waals surface area contributed by atoms with E-state index < -0.39 is 12.0 Å². The Morgan fingerprint density at radius 2 is 2.10 bits per heavy atom. The Morgan fingerprint density at radius 1 is 1.30 bits per heavy atom. The average Bonchev–Trinajstić information content (AvgIpc) is 3.33. The van der Waals surface area contributed by atoms with E-state index in [4.69, 9.17) is 0 Å². The summed E-state index contributed by atoms with van der Waals surface area (Å²) < 4.78 is 0. The minimum absolute atomic E-state index is 0.0343. The lowest BCUT2D eigenvalue weighted by Gasteiger charge is -2.54. The third kappa shape index (κ3) is 2.34. The second kappa shape index (κ2) is 6.46. The van der Waals surface area contributed by atoms with E-state index in [0.717, 1.165) is 32.1 Å². The lowest BCUT2D eigenvalue weighted by Crippen LogP contribution is -2.51. The maximum Gasteiger partial charge on any atom is 0.178 e. The van der Waals surface area contributed by atoms with Crippen LogP contribution in [0.2, 0.25) is 0 Å². The van der Waals surface area contributed by atoms with E-state index in [-0.39, 0.29) is 28.3 Å². The Kier molecular flexibility index (Phi) is 4.28. The van der Waals surface area contributed by atoms with Gasteiger partial charge in [0.2, 0.25) is 0 Å². The molecule has 0 spiro atoms. The van der Waals surface area contributed by atoms with Gasteiger partial charge in [0.05, 0.1) is 0 Å². The average molecular weight is 406 g/mol. The highest BCUT2D eigenvalue weighted by Crippen LogP contribution is 2.70. The van der Waals surface area contributed by atoms with E-state index in [0.29, 0.717) is 11.8 Å². The summed E-state index contributed by atoms with van der Waals surface area (Å²) >= 11 is 0. The van der Waals surface area contributed by atoms with Gasteiger partial charge in [0.25, 0.3) is 0 Å². The summed E-state index contributed by atoms with van der Waals surface area (Å²) in [5, 5.41) is 9.91. The van der Waals surface area contributed by atoms with Crippen LogP contribution in [-0.4, -0.2) is 29.5 Å². The summed E-state index contributed by atoms with van der Waals surface area (Å²) in [6, 6.07) is 0. The zero-order chi connectivity index (χ0) is 21.3. The van der Waals surface area contributed by atoms with Crippen LogP contribution in [0.5, 0.6) is 0 Å². The molecular weight excluding hydrogens is 374 g/mol. The van der Waals surface area contributed by atoms with E-state index in [2.05, 4.69) is 37.9 Å². The summed E-state index contributed by atoms with van der Waals surface area (Å²) in [6.45, 7) is 6.23. The summed E-state index contributed by atoms with van der Waals surface area (Å²) in [4.78, 5) is 29.6. The van der Waals surface area contributed by atoms with Gasteiger partial charge in [-0.1, -0.05) is 37.1 Å². The van der Waals surface area contributed by atoms with Gasteiger partial charge in [-0.2, -0.15) is 0 Å². The second-order valence-corrected chi connectivity index (χ2v) is 10.5. The molecule has 30 heavy (non-hydrogen) atoms. The zero-order valence-electron chi connectivity index (χ0n) is 18.1. The molecule has 1 aliphatic heterocycles. The Bertz CT molecular complexity index is 982. The molecule has 1 heterocycles. The maximum absolute atomic E-state index is 13.3. The molecule has 0 aromatic heterocycles. The van der Waals surface area contributed by atoms with Crippen LogP contribution in [0.1, 0.15) is 52.9 Å². The standard InChI is InChI=1S/C26H31NO3/c1-24-9-6-18(29)12-17(24)4-5-19-20(24)7-10-25(2)22(19)13-21(16-8-11-27-14-16)26(25,3)23(30)15-28/h6-7,9,11-12,14,19,21-22,28H,4-5,8,10,13,15H2,1-3H3/t19?,21-,22?,24+,25+,26-/m1/s1. The lowest BCUT2D eigenvalue weighted by molar-refractivity contribution is -0.140. The number of carbonyl (C=O) groups is 2. The van der Waals surface area contributed by atoms with Gasteiger partial charge in [0.15, 0.2) is 11.6 Å². The SMILES string of the molecule is C[C@]12C=CC(=O)C=C1CCC1C2=CC[C@@]2(C)C1C[C@H](C1=CN=CC1)[C@]2(C)C(=O)CO. The molecule has 0 aromatic rings. The fourth-order valence-corrected chi connectivity index (χ4v) is 7.59. The largest absolute Gasteiger partial charge is 0.389 e. The molecule has 4 nitrogen and oxygen atoms in total. The highest BCUT2D eigenvalue weighted by Gasteiger charge is 2.66. The van der Waals surface area contributed by atoms with Gasteiger partial charge >= 0.3 is 0 Å². The van der Waals surface area contributed by atoms with Crippen molar-refractivity contribution in [2.45, 2.75) is 52.9 Å². The first-order chi connectivity index (χ1) is 14.3. The quantitative estimate of drug-likeness (QED) is 0.709. The Morgan fingerprint density at radius 3 is 2.80 bits per heavy atom. The third-order valence-corrected chi connectivity index (χ3v) is 9.55. The predicted octanol–water partition coefficient (Wildman–Crippen LogP) is 4.37. The van der Waals surface area contributed by atoms with E-state index in [9.17, 15) is 14.7 Å². The van der Waals surface area contributed by atoms with Gasteiger partial charge in [-0.05, 0) is 73.5 Å². The first-order valence-electron chi connectivity index (χ1n) is 11.2. The maximum atomic E-state index is 13.3. The zero-order valence-corrected chi connectivity index (χ0v) is 18.1. The number of hydrogen-bond acceptors (Lipinski definition) is 4. The topological polar surface area (TPSA) is 66.7 Å². The molecule has 0 saturated heterocycles. The van der Waals surface area contributed by atoms with Crippen LogP contribution < -0.4 is 0 Å². The van der Waals surface area contributed by atoms with Crippen molar-refractivity contribution in [2.75, 3.05) is 6.61 Å². The molecule has 2 saturated carbocycles. The van der Waals surface area contributed by atoms with Crippen molar-refractivity contribution < 1.29 is 14.7 Å². The number of fused-ring (bicyclic) bond motifs is 5. The van der Waals surface area contributed by atoms with E-state index in [1.807, 2.05) is 18.5 Å². The van der Waals surface area contributed by atoms with Gasteiger partial charge in [0.1, 0.15) is 6.61 Å². The molecule has 2 fully saturated rings. The molecular formula is C26H31NO3. The minimum atomic E-state index is -0.594. The number of allylic oxidation sites excluding steroid dienone is 7. The fourth-order valence-electron chi connectivity index (χ4n) is 7.59. The number of Topliss-reactive ketones (excluding diaryl/α,β-unsaturated/α-hetero) is 1. The molecule has 4 aliphatic carbocycles. The van der Waals surface area contributed by atoms with Crippen LogP contribution in [0.15, 0.2) is 52.2 Å². The molecule has 2 unspecified atom stereocenters. The first kappa shape index (κ1) is 19.9. The van der Waals surface area contributed by atoms with Crippen molar-refractivity contribution in [1.82, 2.24) is 0 Å². The molecule has 4 heteroatoms. The van der Waals surface area contributed by atoms with Gasteiger partial charge in [-0.15, -0.1) is 0 Å². The summed E-state index contributed by atoms with van der Waals surface area (Å²) in [5.41, 5.74) is 2.94. The molecule has 5 aliphatic rings. The molecule has 0 amide bonds. The normalized spacial score (nSPS) is 44.1. The molecule has 0 bridgehead atoms. The van der Waals surface area contributed by atoms with Crippen molar-refractivity contribution in [3.63, 3.8) is 0 Å². The van der Waals surface area contributed by atoms with E-state index >= 15 is 0 Å². The third-order valence-electron chi connectivity index (χ3n) is 9.55. The van der Waals surface area contributed by atoms with Crippen molar-refractivity contribution in [3.8, 4) is 0 Å². The Balaban J connectivity index is 1.60. The van der Waals surface area contributed by atoms with Crippen LogP contribution in [0.25, 0.3) is 0 Å². The number of rotatable bonds is 3. The number of carbonyl (C=O) groups excluding carboxylic acids is 2. The first-order valence-corrected chi connectivity index (χ1v) is 11.2.